The fraction of sp³-hybridized carbons (Fsp3) is 0.500. The Hall–Kier alpha value is -1.12. The molecule has 0 rings (SSSR count). The molecule has 0 saturated heterocycles. The van der Waals surface area contributed by atoms with E-state index in [4.69, 9.17) is 4.74 Å². The van der Waals surface area contributed by atoms with Gasteiger partial charge in [0.2, 0.25) is 0 Å². The highest BCUT2D eigenvalue weighted by Gasteiger charge is 2.06. The van der Waals surface area contributed by atoms with Crippen molar-refractivity contribution in [2.75, 3.05) is 0 Å². The summed E-state index contributed by atoms with van der Waals surface area (Å²) < 4.78 is 4.76. The first-order valence-electron chi connectivity index (χ1n) is 3.38. The molecule has 0 unspecified atom stereocenters. The van der Waals surface area contributed by atoms with E-state index in [1.165, 1.54) is 0 Å². The SMILES string of the molecule is C=C(C=O)CC(=O)OC(C)C. The Morgan fingerprint density at radius 1 is 1.64 bits per heavy atom. The average molecular weight is 156 g/mol. The van der Waals surface area contributed by atoms with Crippen LogP contribution >= 0.6 is 0 Å². The zero-order valence-corrected chi connectivity index (χ0v) is 6.79. The number of hydrogen-bond donors (Lipinski definition) is 0. The molecule has 0 aliphatic rings. The minimum Gasteiger partial charge on any atom is -0.463 e. The summed E-state index contributed by atoms with van der Waals surface area (Å²) in [5.41, 5.74) is 0.246. The average Bonchev–Trinajstić information content (AvgIpc) is 1.85. The number of esters is 1. The molecule has 0 amide bonds. The molecule has 0 radical (unpaired) electrons. The predicted octanol–water partition coefficient (Wildman–Crippen LogP) is 1.08. The van der Waals surface area contributed by atoms with Crippen molar-refractivity contribution < 1.29 is 14.3 Å². The Kier molecular flexibility index (Phi) is 4.18. The molecule has 0 aromatic carbocycles. The number of ether oxygens (including phenoxy) is 1. The standard InChI is InChI=1S/C8H12O3/c1-6(2)11-8(10)4-7(3)5-9/h5-6H,3-4H2,1-2H3. The Balaban J connectivity index is 3.69. The molecule has 0 N–H and O–H groups in total. The first-order chi connectivity index (χ1) is 5.06. The maximum absolute atomic E-state index is 10.8. The van der Waals surface area contributed by atoms with Gasteiger partial charge in [-0.05, 0) is 19.4 Å². The van der Waals surface area contributed by atoms with Crippen LogP contribution in [0.5, 0.6) is 0 Å². The Bertz CT molecular complexity index is 170. The molecule has 0 fully saturated rings. The van der Waals surface area contributed by atoms with Gasteiger partial charge in [0.1, 0.15) is 6.29 Å². The summed E-state index contributed by atoms with van der Waals surface area (Å²) in [6.07, 6.45) is 0.408. The number of carbonyl (C=O) groups excluding carboxylic acids is 2. The van der Waals surface area contributed by atoms with Crippen molar-refractivity contribution in [2.45, 2.75) is 26.4 Å². The maximum atomic E-state index is 10.8. The van der Waals surface area contributed by atoms with E-state index in [0.717, 1.165) is 0 Å². The summed E-state index contributed by atoms with van der Waals surface area (Å²) in [4.78, 5) is 20.8. The molecule has 3 heteroatoms. The first-order valence-corrected chi connectivity index (χ1v) is 3.38. The van der Waals surface area contributed by atoms with Gasteiger partial charge in [0, 0.05) is 0 Å². The minimum atomic E-state index is -0.405. The van der Waals surface area contributed by atoms with E-state index in [0.29, 0.717) is 6.29 Å². The number of carbonyl (C=O) groups is 2. The zero-order valence-electron chi connectivity index (χ0n) is 6.79. The minimum absolute atomic E-state index is 0.0122. The molecule has 0 heterocycles. The third-order valence-electron chi connectivity index (χ3n) is 0.905. The lowest BCUT2D eigenvalue weighted by molar-refractivity contribution is -0.146. The van der Waals surface area contributed by atoms with Crippen LogP contribution in [0, 0.1) is 0 Å². The van der Waals surface area contributed by atoms with Crippen LogP contribution in [0.1, 0.15) is 20.3 Å². The maximum Gasteiger partial charge on any atom is 0.310 e. The van der Waals surface area contributed by atoms with Crippen molar-refractivity contribution in [1.29, 1.82) is 0 Å². The van der Waals surface area contributed by atoms with Gasteiger partial charge >= 0.3 is 5.97 Å². The van der Waals surface area contributed by atoms with Crippen LogP contribution in [0.4, 0.5) is 0 Å². The van der Waals surface area contributed by atoms with Crippen molar-refractivity contribution in [3.63, 3.8) is 0 Å². The van der Waals surface area contributed by atoms with Crippen LogP contribution in [-0.4, -0.2) is 18.4 Å². The van der Waals surface area contributed by atoms with Gasteiger partial charge < -0.3 is 4.74 Å². The Morgan fingerprint density at radius 2 is 2.18 bits per heavy atom. The van der Waals surface area contributed by atoms with Crippen LogP contribution in [0.3, 0.4) is 0 Å². The summed E-state index contributed by atoms with van der Waals surface area (Å²) in [6.45, 7) is 6.85. The lowest BCUT2D eigenvalue weighted by Gasteiger charge is -2.06. The van der Waals surface area contributed by atoms with Crippen molar-refractivity contribution in [3.8, 4) is 0 Å². The highest BCUT2D eigenvalue weighted by molar-refractivity contribution is 5.83. The van der Waals surface area contributed by atoms with Gasteiger partial charge in [-0.1, -0.05) is 6.58 Å². The first kappa shape index (κ1) is 9.88. The molecule has 0 spiro atoms. The van der Waals surface area contributed by atoms with E-state index >= 15 is 0 Å². The van der Waals surface area contributed by atoms with Gasteiger partial charge in [0.15, 0.2) is 0 Å². The number of rotatable bonds is 4. The lowest BCUT2D eigenvalue weighted by atomic mass is 10.2. The normalized spacial score (nSPS) is 9.36. The fourth-order valence-electron chi connectivity index (χ4n) is 0.532. The second-order valence-corrected chi connectivity index (χ2v) is 2.49. The van der Waals surface area contributed by atoms with E-state index in [1.807, 2.05) is 0 Å². The van der Waals surface area contributed by atoms with Crippen LogP contribution in [0.15, 0.2) is 12.2 Å². The largest absolute Gasteiger partial charge is 0.463 e. The second kappa shape index (κ2) is 4.66. The van der Waals surface area contributed by atoms with E-state index < -0.39 is 5.97 Å². The molecule has 11 heavy (non-hydrogen) atoms. The molecule has 62 valence electrons. The summed E-state index contributed by atoms with van der Waals surface area (Å²) in [7, 11) is 0. The smallest absolute Gasteiger partial charge is 0.310 e. The summed E-state index contributed by atoms with van der Waals surface area (Å²) in [5.74, 6) is -0.405. The van der Waals surface area contributed by atoms with Gasteiger partial charge in [0.25, 0.3) is 0 Å². The van der Waals surface area contributed by atoms with Crippen LogP contribution < -0.4 is 0 Å². The van der Waals surface area contributed by atoms with Gasteiger partial charge in [0.05, 0.1) is 12.5 Å². The van der Waals surface area contributed by atoms with Gasteiger partial charge in [-0.25, -0.2) is 0 Å². The van der Waals surface area contributed by atoms with Crippen molar-refractivity contribution in [2.24, 2.45) is 0 Å². The van der Waals surface area contributed by atoms with Crippen LogP contribution in [0.2, 0.25) is 0 Å². The zero-order chi connectivity index (χ0) is 8.85. The molecule has 0 bridgehead atoms. The van der Waals surface area contributed by atoms with E-state index in [1.54, 1.807) is 13.8 Å². The monoisotopic (exact) mass is 156 g/mol. The van der Waals surface area contributed by atoms with Gasteiger partial charge in [-0.2, -0.15) is 0 Å². The molecular formula is C8H12O3. The highest BCUT2D eigenvalue weighted by atomic mass is 16.5. The van der Waals surface area contributed by atoms with Crippen molar-refractivity contribution in [1.82, 2.24) is 0 Å². The van der Waals surface area contributed by atoms with Crippen LogP contribution in [0.25, 0.3) is 0 Å². The topological polar surface area (TPSA) is 43.4 Å². The van der Waals surface area contributed by atoms with E-state index in [2.05, 4.69) is 6.58 Å². The van der Waals surface area contributed by atoms with Crippen molar-refractivity contribution in [3.05, 3.63) is 12.2 Å². The van der Waals surface area contributed by atoms with E-state index in [-0.39, 0.29) is 18.1 Å². The second-order valence-electron chi connectivity index (χ2n) is 2.49. The van der Waals surface area contributed by atoms with Gasteiger partial charge in [-0.3, -0.25) is 9.59 Å². The summed E-state index contributed by atoms with van der Waals surface area (Å²) in [6, 6.07) is 0. The molecule has 0 saturated carbocycles. The molecule has 0 aliphatic carbocycles. The summed E-state index contributed by atoms with van der Waals surface area (Å²) in [5, 5.41) is 0. The van der Waals surface area contributed by atoms with Gasteiger partial charge in [-0.15, -0.1) is 0 Å². The number of aldehydes is 1. The van der Waals surface area contributed by atoms with E-state index in [9.17, 15) is 9.59 Å². The molecule has 0 atom stereocenters. The van der Waals surface area contributed by atoms with Crippen molar-refractivity contribution >= 4 is 12.3 Å². The quantitative estimate of drug-likeness (QED) is 0.347. The highest BCUT2D eigenvalue weighted by Crippen LogP contribution is 1.98. The lowest BCUT2D eigenvalue weighted by Crippen LogP contribution is -2.11. The third-order valence-corrected chi connectivity index (χ3v) is 0.905. The third kappa shape index (κ3) is 5.33. The summed E-state index contributed by atoms with van der Waals surface area (Å²) >= 11 is 0. The molecule has 0 aromatic heterocycles. The predicted molar refractivity (Wildman–Crippen MR) is 41.0 cm³/mol. The molecule has 0 aromatic rings. The molecule has 0 aliphatic heterocycles. The molecule has 3 nitrogen and oxygen atoms in total. The Labute approximate surface area is 66.0 Å². The Morgan fingerprint density at radius 3 is 2.55 bits per heavy atom. The fourth-order valence-corrected chi connectivity index (χ4v) is 0.532. The van der Waals surface area contributed by atoms with Crippen LogP contribution in [-0.2, 0) is 14.3 Å². The number of hydrogen-bond acceptors (Lipinski definition) is 3. The molecular weight excluding hydrogens is 144 g/mol.